The Morgan fingerprint density at radius 2 is 2.00 bits per heavy atom. The van der Waals surface area contributed by atoms with Crippen molar-refractivity contribution in [2.24, 2.45) is 5.41 Å². The van der Waals surface area contributed by atoms with E-state index in [4.69, 9.17) is 5.11 Å². The molecule has 0 bridgehead atoms. The van der Waals surface area contributed by atoms with Crippen LogP contribution in [0.3, 0.4) is 0 Å². The van der Waals surface area contributed by atoms with Gasteiger partial charge in [0.15, 0.2) is 0 Å². The summed E-state index contributed by atoms with van der Waals surface area (Å²) in [5.74, 6) is -0.804. The zero-order valence-electron chi connectivity index (χ0n) is 9.76. The number of hydrogen-bond acceptors (Lipinski definition) is 1. The average Bonchev–Trinajstić information content (AvgIpc) is 2.14. The lowest BCUT2D eigenvalue weighted by molar-refractivity contribution is -0.132. The highest BCUT2D eigenvalue weighted by molar-refractivity contribution is 5.85. The molecule has 1 unspecified atom stereocenters. The molecule has 0 aromatic rings. The summed E-state index contributed by atoms with van der Waals surface area (Å²) in [7, 11) is 0. The van der Waals surface area contributed by atoms with Crippen LogP contribution in [0.2, 0.25) is 0 Å². The fourth-order valence-electron chi connectivity index (χ4n) is 1.52. The summed E-state index contributed by atoms with van der Waals surface area (Å²) >= 11 is 0. The summed E-state index contributed by atoms with van der Waals surface area (Å²) in [4.78, 5) is 10.7. The van der Waals surface area contributed by atoms with Crippen LogP contribution < -0.4 is 0 Å². The SMILES string of the molecule is CCCCC(C)(C=C(C)C(=O)O)CC. The minimum absolute atomic E-state index is 0.0541. The first kappa shape index (κ1) is 13.2. The third-order valence-electron chi connectivity index (χ3n) is 2.81. The Morgan fingerprint density at radius 1 is 1.43 bits per heavy atom. The smallest absolute Gasteiger partial charge is 0.330 e. The third-order valence-corrected chi connectivity index (χ3v) is 2.81. The highest BCUT2D eigenvalue weighted by atomic mass is 16.4. The van der Waals surface area contributed by atoms with Gasteiger partial charge in [-0.2, -0.15) is 0 Å². The first-order valence-electron chi connectivity index (χ1n) is 5.38. The van der Waals surface area contributed by atoms with Crippen molar-refractivity contribution in [3.63, 3.8) is 0 Å². The molecule has 0 aliphatic rings. The second-order valence-corrected chi connectivity index (χ2v) is 4.24. The average molecular weight is 198 g/mol. The Labute approximate surface area is 87.0 Å². The standard InChI is InChI=1S/C12H22O2/c1-5-7-8-12(4,6-2)9-10(3)11(13)14/h9H,5-8H2,1-4H3,(H,13,14). The molecule has 0 fully saturated rings. The molecule has 0 amide bonds. The van der Waals surface area contributed by atoms with E-state index in [1.165, 1.54) is 0 Å². The Bertz CT molecular complexity index is 218. The zero-order chi connectivity index (χ0) is 11.2. The van der Waals surface area contributed by atoms with E-state index in [2.05, 4.69) is 20.8 Å². The Balaban J connectivity index is 4.52. The van der Waals surface area contributed by atoms with Crippen LogP contribution in [0.1, 0.15) is 53.4 Å². The van der Waals surface area contributed by atoms with Crippen molar-refractivity contribution in [1.29, 1.82) is 0 Å². The highest BCUT2D eigenvalue weighted by Gasteiger charge is 2.19. The fourth-order valence-corrected chi connectivity index (χ4v) is 1.52. The predicted molar refractivity (Wildman–Crippen MR) is 59.3 cm³/mol. The van der Waals surface area contributed by atoms with Crippen molar-refractivity contribution >= 4 is 5.97 Å². The number of hydrogen-bond donors (Lipinski definition) is 1. The van der Waals surface area contributed by atoms with Crippen LogP contribution >= 0.6 is 0 Å². The quantitative estimate of drug-likeness (QED) is 0.662. The number of carboxylic acids is 1. The van der Waals surface area contributed by atoms with Crippen LogP contribution in [-0.2, 0) is 4.79 Å². The number of rotatable bonds is 6. The molecule has 0 aromatic heterocycles. The van der Waals surface area contributed by atoms with Crippen LogP contribution in [0.25, 0.3) is 0 Å². The van der Waals surface area contributed by atoms with Crippen LogP contribution in [0, 0.1) is 5.41 Å². The van der Waals surface area contributed by atoms with Gasteiger partial charge in [0.05, 0.1) is 0 Å². The summed E-state index contributed by atoms with van der Waals surface area (Å²) in [5, 5.41) is 8.80. The molecule has 82 valence electrons. The van der Waals surface area contributed by atoms with Crippen molar-refractivity contribution in [3.05, 3.63) is 11.6 Å². The van der Waals surface area contributed by atoms with Crippen molar-refractivity contribution in [2.45, 2.75) is 53.4 Å². The monoisotopic (exact) mass is 198 g/mol. The Kier molecular flexibility index (Phi) is 5.51. The Morgan fingerprint density at radius 3 is 2.36 bits per heavy atom. The lowest BCUT2D eigenvalue weighted by Crippen LogP contribution is -2.14. The van der Waals surface area contributed by atoms with Gasteiger partial charge in [0.2, 0.25) is 0 Å². The van der Waals surface area contributed by atoms with E-state index >= 15 is 0 Å². The first-order chi connectivity index (χ1) is 6.45. The molecule has 1 N–H and O–H groups in total. The largest absolute Gasteiger partial charge is 0.478 e. The Hall–Kier alpha value is -0.790. The van der Waals surface area contributed by atoms with Crippen LogP contribution in [0.5, 0.6) is 0 Å². The van der Waals surface area contributed by atoms with Gasteiger partial charge in [-0.1, -0.05) is 39.7 Å². The number of aliphatic carboxylic acids is 1. The minimum atomic E-state index is -0.804. The molecular formula is C12H22O2. The molecule has 2 heteroatoms. The molecule has 1 atom stereocenters. The number of carbonyl (C=O) groups is 1. The molecule has 0 saturated heterocycles. The maximum atomic E-state index is 10.7. The molecule has 0 heterocycles. The van der Waals surface area contributed by atoms with Crippen molar-refractivity contribution in [1.82, 2.24) is 0 Å². The van der Waals surface area contributed by atoms with Gasteiger partial charge in [-0.3, -0.25) is 0 Å². The second-order valence-electron chi connectivity index (χ2n) is 4.24. The number of unbranched alkanes of at least 4 members (excludes halogenated alkanes) is 1. The lowest BCUT2D eigenvalue weighted by Gasteiger charge is -2.24. The van der Waals surface area contributed by atoms with Gasteiger partial charge in [0, 0.05) is 5.57 Å². The normalized spacial score (nSPS) is 16.4. The lowest BCUT2D eigenvalue weighted by atomic mass is 9.81. The van der Waals surface area contributed by atoms with Crippen LogP contribution in [0.15, 0.2) is 11.6 Å². The van der Waals surface area contributed by atoms with Gasteiger partial charge >= 0.3 is 5.97 Å². The number of allylic oxidation sites excluding steroid dienone is 1. The van der Waals surface area contributed by atoms with E-state index in [9.17, 15) is 4.79 Å². The van der Waals surface area contributed by atoms with E-state index in [-0.39, 0.29) is 5.41 Å². The van der Waals surface area contributed by atoms with Crippen molar-refractivity contribution in [3.8, 4) is 0 Å². The van der Waals surface area contributed by atoms with E-state index in [0.29, 0.717) is 5.57 Å². The molecule has 14 heavy (non-hydrogen) atoms. The van der Waals surface area contributed by atoms with Gasteiger partial charge in [-0.05, 0) is 25.2 Å². The van der Waals surface area contributed by atoms with Crippen LogP contribution in [-0.4, -0.2) is 11.1 Å². The summed E-state index contributed by atoms with van der Waals surface area (Å²) in [6.45, 7) is 8.07. The predicted octanol–water partition coefficient (Wildman–Crippen LogP) is 3.62. The second kappa shape index (κ2) is 5.84. The van der Waals surface area contributed by atoms with Crippen LogP contribution in [0.4, 0.5) is 0 Å². The summed E-state index contributed by atoms with van der Waals surface area (Å²) < 4.78 is 0. The molecule has 0 aromatic carbocycles. The highest BCUT2D eigenvalue weighted by Crippen LogP contribution is 2.30. The zero-order valence-corrected chi connectivity index (χ0v) is 9.76. The molecule has 0 rings (SSSR count). The van der Waals surface area contributed by atoms with Gasteiger partial charge in [0.1, 0.15) is 0 Å². The molecule has 0 saturated carbocycles. The molecule has 0 spiro atoms. The van der Waals surface area contributed by atoms with E-state index < -0.39 is 5.97 Å². The minimum Gasteiger partial charge on any atom is -0.478 e. The van der Waals surface area contributed by atoms with Gasteiger partial charge in [-0.25, -0.2) is 4.79 Å². The summed E-state index contributed by atoms with van der Waals surface area (Å²) in [6.07, 6.45) is 6.30. The first-order valence-corrected chi connectivity index (χ1v) is 5.38. The summed E-state index contributed by atoms with van der Waals surface area (Å²) in [6, 6.07) is 0. The van der Waals surface area contributed by atoms with Gasteiger partial charge < -0.3 is 5.11 Å². The maximum absolute atomic E-state index is 10.7. The molecular weight excluding hydrogens is 176 g/mol. The van der Waals surface area contributed by atoms with Crippen molar-refractivity contribution < 1.29 is 9.90 Å². The molecule has 0 aliphatic carbocycles. The van der Waals surface area contributed by atoms with E-state index in [0.717, 1.165) is 25.7 Å². The molecule has 2 nitrogen and oxygen atoms in total. The van der Waals surface area contributed by atoms with E-state index in [1.54, 1.807) is 6.92 Å². The summed E-state index contributed by atoms with van der Waals surface area (Å²) in [5.41, 5.74) is 0.517. The molecule has 0 aliphatic heterocycles. The maximum Gasteiger partial charge on any atom is 0.330 e. The third kappa shape index (κ3) is 4.45. The van der Waals surface area contributed by atoms with Crippen molar-refractivity contribution in [2.75, 3.05) is 0 Å². The topological polar surface area (TPSA) is 37.3 Å². The molecule has 0 radical (unpaired) electrons. The fraction of sp³-hybridized carbons (Fsp3) is 0.750. The number of carboxylic acid groups (broad SMARTS) is 1. The van der Waals surface area contributed by atoms with E-state index in [1.807, 2.05) is 6.08 Å². The van der Waals surface area contributed by atoms with Gasteiger partial charge in [0.25, 0.3) is 0 Å². The van der Waals surface area contributed by atoms with Gasteiger partial charge in [-0.15, -0.1) is 0 Å².